The van der Waals surface area contributed by atoms with Crippen LogP contribution in [0, 0.1) is 5.41 Å². The third-order valence-electron chi connectivity index (χ3n) is 4.56. The van der Waals surface area contributed by atoms with E-state index in [1.807, 2.05) is 31.2 Å². The van der Waals surface area contributed by atoms with Gasteiger partial charge in [0.05, 0.1) is 13.2 Å². The Morgan fingerprint density at radius 3 is 2.86 bits per heavy atom. The van der Waals surface area contributed by atoms with Gasteiger partial charge in [0.25, 0.3) is 0 Å². The summed E-state index contributed by atoms with van der Waals surface area (Å²) in [5.41, 5.74) is 0.712. The molecule has 122 valence electrons. The molecule has 22 heavy (non-hydrogen) atoms. The Balaban J connectivity index is 1.81. The van der Waals surface area contributed by atoms with Crippen molar-refractivity contribution in [2.24, 2.45) is 5.41 Å². The molecule has 0 saturated heterocycles. The van der Waals surface area contributed by atoms with E-state index >= 15 is 0 Å². The number of amides is 2. The third kappa shape index (κ3) is 4.13. The van der Waals surface area contributed by atoms with Crippen LogP contribution in [0.3, 0.4) is 0 Å². The van der Waals surface area contributed by atoms with Crippen molar-refractivity contribution in [1.29, 1.82) is 0 Å². The number of methoxy groups -OCH3 is 1. The molecule has 0 heterocycles. The second kappa shape index (κ2) is 7.49. The zero-order valence-corrected chi connectivity index (χ0v) is 13.4. The van der Waals surface area contributed by atoms with Gasteiger partial charge in [-0.15, -0.1) is 0 Å². The van der Waals surface area contributed by atoms with Crippen molar-refractivity contribution in [3.8, 4) is 5.75 Å². The van der Waals surface area contributed by atoms with Crippen molar-refractivity contribution in [3.63, 3.8) is 0 Å². The molecule has 2 unspecified atom stereocenters. The van der Waals surface area contributed by atoms with E-state index < -0.39 is 0 Å². The molecular weight excluding hydrogens is 280 g/mol. The first-order chi connectivity index (χ1) is 10.5. The molecule has 1 fully saturated rings. The van der Waals surface area contributed by atoms with Crippen LogP contribution in [0.5, 0.6) is 5.75 Å². The average molecular weight is 306 g/mol. The first kappa shape index (κ1) is 16.6. The van der Waals surface area contributed by atoms with E-state index in [1.165, 1.54) is 0 Å². The van der Waals surface area contributed by atoms with Crippen LogP contribution < -0.4 is 15.4 Å². The van der Waals surface area contributed by atoms with Crippen LogP contribution in [0.1, 0.15) is 38.2 Å². The Hall–Kier alpha value is -1.75. The number of rotatable bonds is 5. The fraction of sp³-hybridized carbons (Fsp3) is 0.588. The minimum absolute atomic E-state index is 0.218. The summed E-state index contributed by atoms with van der Waals surface area (Å²) in [6.07, 6.45) is 3.60. The molecule has 1 saturated carbocycles. The highest BCUT2D eigenvalue weighted by Gasteiger charge is 2.35. The van der Waals surface area contributed by atoms with Crippen LogP contribution in [0.15, 0.2) is 24.3 Å². The van der Waals surface area contributed by atoms with Crippen molar-refractivity contribution in [2.75, 3.05) is 13.7 Å². The lowest BCUT2D eigenvalue weighted by atomic mass is 9.73. The van der Waals surface area contributed by atoms with Crippen LogP contribution in [-0.2, 0) is 6.54 Å². The number of aliphatic hydroxyl groups is 1. The van der Waals surface area contributed by atoms with Gasteiger partial charge in [0.2, 0.25) is 0 Å². The minimum atomic E-state index is -0.337. The number of carbonyl (C=O) groups is 1. The van der Waals surface area contributed by atoms with Crippen molar-refractivity contribution in [1.82, 2.24) is 10.6 Å². The van der Waals surface area contributed by atoms with E-state index in [0.717, 1.165) is 37.0 Å². The van der Waals surface area contributed by atoms with Gasteiger partial charge in [0, 0.05) is 24.1 Å². The van der Waals surface area contributed by atoms with E-state index in [-0.39, 0.29) is 17.6 Å². The van der Waals surface area contributed by atoms with E-state index in [9.17, 15) is 9.90 Å². The maximum Gasteiger partial charge on any atom is 0.315 e. The normalized spacial score (nSPS) is 24.6. The monoisotopic (exact) mass is 306 g/mol. The van der Waals surface area contributed by atoms with Gasteiger partial charge in [0.15, 0.2) is 0 Å². The summed E-state index contributed by atoms with van der Waals surface area (Å²) >= 11 is 0. The maximum absolute atomic E-state index is 12.0. The van der Waals surface area contributed by atoms with Crippen LogP contribution in [0.25, 0.3) is 0 Å². The summed E-state index contributed by atoms with van der Waals surface area (Å²) in [5.74, 6) is 0.762. The topological polar surface area (TPSA) is 70.6 Å². The van der Waals surface area contributed by atoms with Crippen molar-refractivity contribution < 1.29 is 14.6 Å². The number of hydrogen-bond donors (Lipinski definition) is 3. The van der Waals surface area contributed by atoms with Crippen LogP contribution in [-0.4, -0.2) is 30.9 Å². The zero-order valence-electron chi connectivity index (χ0n) is 13.4. The van der Waals surface area contributed by atoms with Crippen molar-refractivity contribution in [3.05, 3.63) is 29.8 Å². The first-order valence-electron chi connectivity index (χ1n) is 7.87. The molecule has 1 aliphatic rings. The molecule has 2 atom stereocenters. The number of urea groups is 1. The van der Waals surface area contributed by atoms with Gasteiger partial charge in [-0.05, 0) is 18.9 Å². The minimum Gasteiger partial charge on any atom is -0.496 e. The van der Waals surface area contributed by atoms with Crippen molar-refractivity contribution in [2.45, 2.75) is 45.3 Å². The summed E-state index contributed by atoms with van der Waals surface area (Å²) in [5, 5.41) is 15.8. The highest BCUT2D eigenvalue weighted by molar-refractivity contribution is 5.74. The molecule has 0 radical (unpaired) electrons. The quantitative estimate of drug-likeness (QED) is 0.782. The Bertz CT molecular complexity index is 506. The third-order valence-corrected chi connectivity index (χ3v) is 4.56. The molecule has 2 rings (SSSR count). The lowest BCUT2D eigenvalue weighted by Gasteiger charge is -2.38. The summed E-state index contributed by atoms with van der Waals surface area (Å²) < 4.78 is 5.26. The second-order valence-electron chi connectivity index (χ2n) is 6.26. The largest absolute Gasteiger partial charge is 0.496 e. The van der Waals surface area contributed by atoms with Gasteiger partial charge >= 0.3 is 6.03 Å². The molecule has 3 N–H and O–H groups in total. The zero-order chi connectivity index (χ0) is 16.0. The summed E-state index contributed by atoms with van der Waals surface area (Å²) in [6, 6.07) is 7.38. The summed E-state index contributed by atoms with van der Waals surface area (Å²) in [7, 11) is 1.62. The van der Waals surface area contributed by atoms with Crippen molar-refractivity contribution >= 4 is 6.03 Å². The fourth-order valence-electron chi connectivity index (χ4n) is 2.96. The Labute approximate surface area is 132 Å². The van der Waals surface area contributed by atoms with E-state index in [2.05, 4.69) is 10.6 Å². The molecule has 2 amide bonds. The number of hydrogen-bond acceptors (Lipinski definition) is 3. The number of carbonyl (C=O) groups excluding carboxylic acids is 1. The molecule has 0 aliphatic heterocycles. The predicted octanol–water partition coefficient (Wildman–Crippen LogP) is 2.44. The number of ether oxygens (including phenoxy) is 1. The van der Waals surface area contributed by atoms with Gasteiger partial charge < -0.3 is 20.5 Å². The molecular formula is C17H26N2O3. The molecule has 5 nitrogen and oxygen atoms in total. The van der Waals surface area contributed by atoms with Gasteiger partial charge in [0.1, 0.15) is 5.75 Å². The fourth-order valence-corrected chi connectivity index (χ4v) is 2.96. The smallest absolute Gasteiger partial charge is 0.315 e. The highest BCUT2D eigenvalue weighted by Crippen LogP contribution is 2.35. The standard InChI is InChI=1S/C17H26N2O3/c1-17(10-6-5-9-15(17)20)12-19-16(21)18-11-13-7-3-4-8-14(13)22-2/h3-4,7-8,15,20H,5-6,9-12H2,1-2H3,(H2,18,19,21). The Morgan fingerprint density at radius 1 is 1.36 bits per heavy atom. The van der Waals surface area contributed by atoms with Gasteiger partial charge in [-0.3, -0.25) is 0 Å². The van der Waals surface area contributed by atoms with E-state index in [4.69, 9.17) is 4.74 Å². The van der Waals surface area contributed by atoms with E-state index in [1.54, 1.807) is 7.11 Å². The molecule has 1 aliphatic carbocycles. The van der Waals surface area contributed by atoms with Crippen LogP contribution in [0.2, 0.25) is 0 Å². The predicted molar refractivity (Wildman–Crippen MR) is 85.8 cm³/mol. The number of nitrogens with one attached hydrogen (secondary N) is 2. The number of aliphatic hydroxyl groups excluding tert-OH is 1. The van der Waals surface area contributed by atoms with Gasteiger partial charge in [-0.25, -0.2) is 4.79 Å². The average Bonchev–Trinajstić information content (AvgIpc) is 2.54. The molecule has 1 aromatic rings. The second-order valence-corrected chi connectivity index (χ2v) is 6.26. The summed E-state index contributed by atoms with van der Waals surface area (Å²) in [6.45, 7) is 2.94. The molecule has 0 spiro atoms. The van der Waals surface area contributed by atoms with Gasteiger partial charge in [-0.2, -0.15) is 0 Å². The lowest BCUT2D eigenvalue weighted by molar-refractivity contribution is 0.00309. The van der Waals surface area contributed by atoms with Crippen LogP contribution >= 0.6 is 0 Å². The summed E-state index contributed by atoms with van der Waals surface area (Å²) in [4.78, 5) is 12.0. The number of benzene rings is 1. The molecule has 5 heteroatoms. The Morgan fingerprint density at radius 2 is 2.14 bits per heavy atom. The highest BCUT2D eigenvalue weighted by atomic mass is 16.5. The first-order valence-corrected chi connectivity index (χ1v) is 7.87. The van der Waals surface area contributed by atoms with Crippen LogP contribution in [0.4, 0.5) is 4.79 Å². The van der Waals surface area contributed by atoms with Gasteiger partial charge in [-0.1, -0.05) is 38.0 Å². The number of para-hydroxylation sites is 1. The maximum atomic E-state index is 12.0. The Kier molecular flexibility index (Phi) is 5.66. The van der Waals surface area contributed by atoms with E-state index in [0.29, 0.717) is 13.1 Å². The molecule has 0 bridgehead atoms. The molecule has 0 aromatic heterocycles. The SMILES string of the molecule is COc1ccccc1CNC(=O)NCC1(C)CCCCC1O. The lowest BCUT2D eigenvalue weighted by Crippen LogP contribution is -2.47. The molecule has 1 aromatic carbocycles.